The van der Waals surface area contributed by atoms with E-state index in [1.54, 1.807) is 23.0 Å². The van der Waals surface area contributed by atoms with Gasteiger partial charge >= 0.3 is 0 Å². The van der Waals surface area contributed by atoms with Crippen LogP contribution in [0.15, 0.2) is 24.4 Å². The maximum Gasteiger partial charge on any atom is 0.161 e. The number of ether oxygens (including phenoxy) is 1. The number of nitrogens with zero attached hydrogens (tertiary/aromatic N) is 2. The third-order valence-corrected chi connectivity index (χ3v) is 3.27. The van der Waals surface area contributed by atoms with E-state index in [1.165, 1.54) is 13.2 Å². The number of nitrogens with two attached hydrogens (primary N) is 1. The SMILES string of the molecule is CCn1ncc(OC)c1C(N)c1cccc(Cl)c1F. The Kier molecular flexibility index (Phi) is 4.07. The molecule has 0 aliphatic carbocycles. The van der Waals surface area contributed by atoms with Crippen molar-refractivity contribution in [3.63, 3.8) is 0 Å². The molecule has 0 radical (unpaired) electrons. The first-order valence-corrected chi connectivity index (χ1v) is 6.27. The molecule has 2 rings (SSSR count). The molecule has 1 aromatic heterocycles. The molecule has 0 saturated carbocycles. The highest BCUT2D eigenvalue weighted by Gasteiger charge is 2.23. The first kappa shape index (κ1) is 13.8. The third kappa shape index (κ3) is 2.43. The van der Waals surface area contributed by atoms with Gasteiger partial charge in [-0.05, 0) is 13.0 Å². The van der Waals surface area contributed by atoms with Gasteiger partial charge < -0.3 is 10.5 Å². The van der Waals surface area contributed by atoms with Gasteiger partial charge in [0.1, 0.15) is 11.5 Å². The van der Waals surface area contributed by atoms with Gasteiger partial charge in [-0.2, -0.15) is 5.10 Å². The van der Waals surface area contributed by atoms with E-state index in [1.807, 2.05) is 6.92 Å². The zero-order valence-corrected chi connectivity index (χ0v) is 11.5. The van der Waals surface area contributed by atoms with Crippen LogP contribution >= 0.6 is 11.6 Å². The van der Waals surface area contributed by atoms with Crippen molar-refractivity contribution >= 4 is 11.6 Å². The fourth-order valence-corrected chi connectivity index (χ4v) is 2.19. The van der Waals surface area contributed by atoms with Gasteiger partial charge in [-0.1, -0.05) is 23.7 Å². The number of methoxy groups -OCH3 is 1. The highest BCUT2D eigenvalue weighted by molar-refractivity contribution is 6.30. The molecule has 1 unspecified atom stereocenters. The predicted molar refractivity (Wildman–Crippen MR) is 71.9 cm³/mol. The highest BCUT2D eigenvalue weighted by atomic mass is 35.5. The Bertz CT molecular complexity index is 564. The standard InChI is InChI=1S/C13H15ClFN3O/c1-3-18-13(10(19-2)7-17-18)12(16)8-5-4-6-9(14)11(8)15/h4-7,12H,3,16H2,1-2H3. The van der Waals surface area contributed by atoms with Gasteiger partial charge in [0, 0.05) is 12.1 Å². The molecule has 2 aromatic rings. The molecule has 0 spiro atoms. The summed E-state index contributed by atoms with van der Waals surface area (Å²) in [7, 11) is 1.53. The quantitative estimate of drug-likeness (QED) is 0.939. The number of halogens is 2. The number of aromatic nitrogens is 2. The molecule has 0 fully saturated rings. The monoisotopic (exact) mass is 283 g/mol. The average Bonchev–Trinajstić information content (AvgIpc) is 2.84. The molecule has 1 heterocycles. The van der Waals surface area contributed by atoms with Crippen LogP contribution in [0.25, 0.3) is 0 Å². The fraction of sp³-hybridized carbons (Fsp3) is 0.308. The Balaban J connectivity index is 2.52. The zero-order chi connectivity index (χ0) is 14.0. The van der Waals surface area contributed by atoms with Crippen molar-refractivity contribution in [2.24, 2.45) is 5.73 Å². The van der Waals surface area contributed by atoms with Crippen LogP contribution in [0, 0.1) is 5.82 Å². The number of rotatable bonds is 4. The fourth-order valence-electron chi connectivity index (χ4n) is 2.01. The minimum atomic E-state index is -0.684. The molecule has 0 amide bonds. The van der Waals surface area contributed by atoms with Crippen molar-refractivity contribution in [3.05, 3.63) is 46.5 Å². The maximum absolute atomic E-state index is 14.0. The van der Waals surface area contributed by atoms with Crippen molar-refractivity contribution in [2.75, 3.05) is 7.11 Å². The van der Waals surface area contributed by atoms with Crippen LogP contribution in [0.5, 0.6) is 5.75 Å². The second-order valence-electron chi connectivity index (χ2n) is 4.03. The maximum atomic E-state index is 14.0. The number of hydrogen-bond acceptors (Lipinski definition) is 3. The van der Waals surface area contributed by atoms with Crippen molar-refractivity contribution in [3.8, 4) is 5.75 Å². The van der Waals surface area contributed by atoms with Gasteiger partial charge in [-0.15, -0.1) is 0 Å². The number of aryl methyl sites for hydroxylation is 1. The molecule has 0 saturated heterocycles. The summed E-state index contributed by atoms with van der Waals surface area (Å²) in [6.45, 7) is 2.55. The molecule has 6 heteroatoms. The van der Waals surface area contributed by atoms with Crippen molar-refractivity contribution in [2.45, 2.75) is 19.5 Å². The number of benzene rings is 1. The molecule has 4 nitrogen and oxygen atoms in total. The van der Waals surface area contributed by atoms with Gasteiger partial charge in [0.05, 0.1) is 24.4 Å². The first-order valence-electron chi connectivity index (χ1n) is 5.89. The van der Waals surface area contributed by atoms with E-state index < -0.39 is 11.9 Å². The first-order chi connectivity index (χ1) is 9.10. The summed E-state index contributed by atoms with van der Waals surface area (Å²) in [4.78, 5) is 0. The van der Waals surface area contributed by atoms with Crippen LogP contribution in [0.1, 0.15) is 24.2 Å². The van der Waals surface area contributed by atoms with Gasteiger partial charge in [0.15, 0.2) is 5.75 Å². The molecule has 19 heavy (non-hydrogen) atoms. The van der Waals surface area contributed by atoms with Crippen LogP contribution in [-0.2, 0) is 6.54 Å². The molecular formula is C13H15ClFN3O. The summed E-state index contributed by atoms with van der Waals surface area (Å²) < 4.78 is 20.9. The Morgan fingerprint density at radius 1 is 1.53 bits per heavy atom. The van der Waals surface area contributed by atoms with Crippen LogP contribution in [0.4, 0.5) is 4.39 Å². The molecule has 1 aromatic carbocycles. The lowest BCUT2D eigenvalue weighted by Gasteiger charge is -2.16. The summed E-state index contributed by atoms with van der Waals surface area (Å²) in [6.07, 6.45) is 1.57. The topological polar surface area (TPSA) is 53.1 Å². The summed E-state index contributed by atoms with van der Waals surface area (Å²) in [5.41, 5.74) is 7.09. The molecule has 1 atom stereocenters. The normalized spacial score (nSPS) is 12.5. The Labute approximate surface area is 115 Å². The van der Waals surface area contributed by atoms with Crippen molar-refractivity contribution in [1.29, 1.82) is 0 Å². The minimum Gasteiger partial charge on any atom is -0.493 e. The summed E-state index contributed by atoms with van der Waals surface area (Å²) in [5.74, 6) is 0.0244. The highest BCUT2D eigenvalue weighted by Crippen LogP contribution is 2.31. The van der Waals surface area contributed by atoms with E-state index in [-0.39, 0.29) is 5.02 Å². The second-order valence-corrected chi connectivity index (χ2v) is 4.44. The molecule has 0 aliphatic rings. The smallest absolute Gasteiger partial charge is 0.161 e. The second kappa shape index (κ2) is 5.59. The van der Waals surface area contributed by atoms with Crippen molar-refractivity contribution < 1.29 is 9.13 Å². The van der Waals surface area contributed by atoms with E-state index in [0.29, 0.717) is 23.6 Å². The van der Waals surface area contributed by atoms with Crippen molar-refractivity contribution in [1.82, 2.24) is 9.78 Å². The molecular weight excluding hydrogens is 269 g/mol. The van der Waals surface area contributed by atoms with E-state index in [2.05, 4.69) is 5.10 Å². The lowest BCUT2D eigenvalue weighted by Crippen LogP contribution is -2.19. The van der Waals surface area contributed by atoms with Crippen LogP contribution in [-0.4, -0.2) is 16.9 Å². The Hall–Kier alpha value is -1.59. The molecule has 0 bridgehead atoms. The van der Waals surface area contributed by atoms with Gasteiger partial charge in [0.25, 0.3) is 0 Å². The van der Waals surface area contributed by atoms with E-state index in [4.69, 9.17) is 22.1 Å². The minimum absolute atomic E-state index is 0.0504. The summed E-state index contributed by atoms with van der Waals surface area (Å²) >= 11 is 5.78. The Morgan fingerprint density at radius 2 is 2.26 bits per heavy atom. The van der Waals surface area contributed by atoms with Crippen LogP contribution in [0.3, 0.4) is 0 Å². The summed E-state index contributed by atoms with van der Waals surface area (Å²) in [6, 6.07) is 4.08. The predicted octanol–water partition coefficient (Wildman–Crippen LogP) is 2.75. The van der Waals surface area contributed by atoms with Crippen LogP contribution < -0.4 is 10.5 Å². The molecule has 0 aliphatic heterocycles. The largest absolute Gasteiger partial charge is 0.493 e. The molecule has 102 valence electrons. The molecule has 2 N–H and O–H groups in total. The number of hydrogen-bond donors (Lipinski definition) is 1. The van der Waals surface area contributed by atoms with E-state index in [0.717, 1.165) is 0 Å². The third-order valence-electron chi connectivity index (χ3n) is 2.98. The van der Waals surface area contributed by atoms with Gasteiger partial charge in [0.2, 0.25) is 0 Å². The summed E-state index contributed by atoms with van der Waals surface area (Å²) in [5, 5.41) is 4.21. The lowest BCUT2D eigenvalue weighted by molar-refractivity contribution is 0.404. The van der Waals surface area contributed by atoms with Gasteiger partial charge in [-0.25, -0.2) is 4.39 Å². The average molecular weight is 284 g/mol. The zero-order valence-electron chi connectivity index (χ0n) is 10.7. The van der Waals surface area contributed by atoms with Crippen LogP contribution in [0.2, 0.25) is 5.02 Å². The lowest BCUT2D eigenvalue weighted by atomic mass is 10.0. The van der Waals surface area contributed by atoms with E-state index >= 15 is 0 Å². The van der Waals surface area contributed by atoms with E-state index in [9.17, 15) is 4.39 Å². The van der Waals surface area contributed by atoms with Gasteiger partial charge in [-0.3, -0.25) is 4.68 Å². The Morgan fingerprint density at radius 3 is 2.89 bits per heavy atom.